The van der Waals surface area contributed by atoms with E-state index in [2.05, 4.69) is 27.0 Å². The molecule has 2 rings (SSSR count). The minimum atomic E-state index is 0.591. The van der Waals surface area contributed by atoms with Gasteiger partial charge in [-0.3, -0.25) is 0 Å². The molecule has 1 aromatic heterocycles. The zero-order valence-electron chi connectivity index (χ0n) is 9.45. The minimum Gasteiger partial charge on any atom is -0.233 e. The van der Waals surface area contributed by atoms with E-state index in [-0.39, 0.29) is 0 Å². The summed E-state index contributed by atoms with van der Waals surface area (Å²) in [5.41, 5.74) is 2.41. The molecule has 0 bridgehead atoms. The van der Waals surface area contributed by atoms with E-state index in [1.807, 2.05) is 36.6 Å². The molecule has 0 aliphatic rings. The first-order chi connectivity index (χ1) is 8.65. The van der Waals surface area contributed by atoms with E-state index in [9.17, 15) is 5.26 Å². The van der Waals surface area contributed by atoms with Gasteiger partial charge in [-0.1, -0.05) is 23.7 Å². The maximum Gasteiger partial charge on any atom is 0.115 e. The van der Waals surface area contributed by atoms with E-state index in [0.717, 1.165) is 20.8 Å². The van der Waals surface area contributed by atoms with Crippen LogP contribution >= 0.6 is 39.3 Å². The molecule has 0 radical (unpaired) electrons. The van der Waals surface area contributed by atoms with Gasteiger partial charge < -0.3 is 0 Å². The van der Waals surface area contributed by atoms with E-state index in [1.165, 1.54) is 11.8 Å². The van der Waals surface area contributed by atoms with Crippen LogP contribution in [0.15, 0.2) is 40.0 Å². The summed E-state index contributed by atoms with van der Waals surface area (Å²) in [6.07, 6.45) is 1.90. The number of aromatic nitrogens is 1. The maximum atomic E-state index is 9.29. The molecule has 0 saturated carbocycles. The van der Waals surface area contributed by atoms with Crippen molar-refractivity contribution in [3.63, 3.8) is 0 Å². The number of hydrogen-bond donors (Lipinski definition) is 0. The third kappa shape index (κ3) is 2.69. The number of halogens is 2. The Morgan fingerprint density at radius 2 is 2.00 bits per heavy atom. The van der Waals surface area contributed by atoms with Crippen molar-refractivity contribution in [3.05, 3.63) is 45.5 Å². The molecule has 0 aliphatic carbocycles. The summed E-state index contributed by atoms with van der Waals surface area (Å²) in [7, 11) is 0. The van der Waals surface area contributed by atoms with Crippen LogP contribution in [0.4, 0.5) is 0 Å². The molecule has 0 aliphatic heterocycles. The Labute approximate surface area is 123 Å². The maximum absolute atomic E-state index is 9.29. The lowest BCUT2D eigenvalue weighted by atomic mass is 10.0. The molecule has 0 amide bonds. The van der Waals surface area contributed by atoms with Crippen molar-refractivity contribution < 1.29 is 0 Å². The third-order valence-electron chi connectivity index (χ3n) is 2.42. The van der Waals surface area contributed by atoms with Crippen LogP contribution in [0.5, 0.6) is 0 Å². The van der Waals surface area contributed by atoms with Gasteiger partial charge in [0.2, 0.25) is 0 Å². The van der Waals surface area contributed by atoms with Crippen molar-refractivity contribution in [2.24, 2.45) is 0 Å². The van der Waals surface area contributed by atoms with Gasteiger partial charge >= 0.3 is 0 Å². The van der Waals surface area contributed by atoms with Crippen LogP contribution in [-0.2, 0) is 0 Å². The summed E-state index contributed by atoms with van der Waals surface area (Å²) in [6, 6.07) is 11.5. The van der Waals surface area contributed by atoms with Gasteiger partial charge in [0.1, 0.15) is 15.7 Å². The summed E-state index contributed by atoms with van der Waals surface area (Å²) in [5.74, 6) is 0. The highest BCUT2D eigenvalue weighted by Gasteiger charge is 2.12. The largest absolute Gasteiger partial charge is 0.233 e. The number of benzene rings is 1. The molecule has 1 heterocycles. The van der Waals surface area contributed by atoms with Crippen molar-refractivity contribution in [1.82, 2.24) is 4.98 Å². The Kier molecular flexibility index (Phi) is 4.28. The van der Waals surface area contributed by atoms with Gasteiger partial charge in [0.05, 0.1) is 5.56 Å². The Morgan fingerprint density at radius 3 is 2.56 bits per heavy atom. The number of thioether (sulfide) groups is 1. The zero-order chi connectivity index (χ0) is 13.1. The molecular weight excluding hydrogens is 332 g/mol. The summed E-state index contributed by atoms with van der Waals surface area (Å²) in [6.45, 7) is 0. The Bertz CT molecular complexity index is 620. The van der Waals surface area contributed by atoms with Gasteiger partial charge in [0, 0.05) is 10.6 Å². The SMILES string of the molecule is CSc1nc(Br)cc(-c2ccc(Cl)cc2)c1C#N. The van der Waals surface area contributed by atoms with Crippen LogP contribution in [0, 0.1) is 11.3 Å². The smallest absolute Gasteiger partial charge is 0.115 e. The molecule has 0 N–H and O–H groups in total. The molecule has 90 valence electrons. The second-order valence-electron chi connectivity index (χ2n) is 3.50. The average Bonchev–Trinajstić information content (AvgIpc) is 2.38. The zero-order valence-corrected chi connectivity index (χ0v) is 12.6. The normalized spacial score (nSPS) is 10.1. The number of hydrogen-bond acceptors (Lipinski definition) is 3. The molecular formula is C13H8BrClN2S. The van der Waals surface area contributed by atoms with Gasteiger partial charge in [-0.25, -0.2) is 4.98 Å². The first kappa shape index (κ1) is 13.4. The number of pyridine rings is 1. The molecule has 0 unspecified atom stereocenters. The molecule has 0 atom stereocenters. The fourth-order valence-electron chi connectivity index (χ4n) is 1.60. The summed E-state index contributed by atoms with van der Waals surface area (Å²) in [5, 5.41) is 10.7. The first-order valence-electron chi connectivity index (χ1n) is 5.06. The summed E-state index contributed by atoms with van der Waals surface area (Å²) in [4.78, 5) is 4.30. The number of nitriles is 1. The highest BCUT2D eigenvalue weighted by atomic mass is 79.9. The predicted octanol–water partition coefficient (Wildman–Crippen LogP) is 4.76. The van der Waals surface area contributed by atoms with E-state index >= 15 is 0 Å². The molecule has 0 fully saturated rings. The van der Waals surface area contributed by atoms with Crippen molar-refractivity contribution in [1.29, 1.82) is 5.26 Å². The molecule has 18 heavy (non-hydrogen) atoms. The van der Waals surface area contributed by atoms with Gasteiger partial charge in [0.15, 0.2) is 0 Å². The minimum absolute atomic E-state index is 0.591. The third-order valence-corrected chi connectivity index (χ3v) is 3.76. The fourth-order valence-corrected chi connectivity index (χ4v) is 2.80. The van der Waals surface area contributed by atoms with E-state index < -0.39 is 0 Å². The molecule has 0 saturated heterocycles. The van der Waals surface area contributed by atoms with Gasteiger partial charge in [-0.2, -0.15) is 5.26 Å². The lowest BCUT2D eigenvalue weighted by molar-refractivity contribution is 1.09. The molecule has 5 heteroatoms. The molecule has 0 spiro atoms. The van der Waals surface area contributed by atoms with E-state index in [4.69, 9.17) is 11.6 Å². The van der Waals surface area contributed by atoms with Crippen LogP contribution in [0.1, 0.15) is 5.56 Å². The Hall–Kier alpha value is -1.02. The molecule has 2 aromatic rings. The van der Waals surface area contributed by atoms with E-state index in [0.29, 0.717) is 10.6 Å². The van der Waals surface area contributed by atoms with Crippen molar-refractivity contribution in [3.8, 4) is 17.2 Å². The van der Waals surface area contributed by atoms with Crippen LogP contribution < -0.4 is 0 Å². The standard InChI is InChI=1S/C13H8BrClN2S/c1-18-13-11(7-16)10(6-12(14)17-13)8-2-4-9(15)5-3-8/h2-6H,1H3. The fraction of sp³-hybridized carbons (Fsp3) is 0.0769. The van der Waals surface area contributed by atoms with E-state index in [1.54, 1.807) is 0 Å². The van der Waals surface area contributed by atoms with Crippen molar-refractivity contribution in [2.75, 3.05) is 6.26 Å². The van der Waals surface area contributed by atoms with Crippen molar-refractivity contribution in [2.45, 2.75) is 5.03 Å². The number of nitrogens with zero attached hydrogens (tertiary/aromatic N) is 2. The van der Waals surface area contributed by atoms with Crippen LogP contribution in [0.25, 0.3) is 11.1 Å². The Balaban J connectivity index is 2.67. The topological polar surface area (TPSA) is 36.7 Å². The first-order valence-corrected chi connectivity index (χ1v) is 7.46. The second-order valence-corrected chi connectivity index (χ2v) is 5.54. The van der Waals surface area contributed by atoms with Crippen molar-refractivity contribution >= 4 is 39.3 Å². The highest BCUT2D eigenvalue weighted by molar-refractivity contribution is 9.10. The second kappa shape index (κ2) is 5.75. The summed E-state index contributed by atoms with van der Waals surface area (Å²) < 4.78 is 0.718. The lowest BCUT2D eigenvalue weighted by Gasteiger charge is -2.08. The van der Waals surface area contributed by atoms with Gasteiger partial charge in [-0.05, 0) is 45.9 Å². The van der Waals surface area contributed by atoms with Gasteiger partial charge in [0.25, 0.3) is 0 Å². The molecule has 1 aromatic carbocycles. The summed E-state index contributed by atoms with van der Waals surface area (Å²) >= 11 is 10.7. The predicted molar refractivity (Wildman–Crippen MR) is 78.9 cm³/mol. The van der Waals surface area contributed by atoms with Crippen LogP contribution in [-0.4, -0.2) is 11.2 Å². The lowest BCUT2D eigenvalue weighted by Crippen LogP contribution is -1.92. The van der Waals surface area contributed by atoms with Gasteiger partial charge in [-0.15, -0.1) is 11.8 Å². The highest BCUT2D eigenvalue weighted by Crippen LogP contribution is 2.32. The molecule has 2 nitrogen and oxygen atoms in total. The number of rotatable bonds is 2. The monoisotopic (exact) mass is 338 g/mol. The van der Waals surface area contributed by atoms with Crippen LogP contribution in [0.2, 0.25) is 5.02 Å². The quantitative estimate of drug-likeness (QED) is 0.585. The average molecular weight is 340 g/mol. The Morgan fingerprint density at radius 1 is 1.33 bits per heavy atom. The van der Waals surface area contributed by atoms with Crippen LogP contribution in [0.3, 0.4) is 0 Å².